The molecule has 1 fully saturated rings. The quantitative estimate of drug-likeness (QED) is 0.732. The van der Waals surface area contributed by atoms with Crippen LogP contribution >= 0.6 is 11.6 Å². The summed E-state index contributed by atoms with van der Waals surface area (Å²) in [7, 11) is 0. The maximum atomic E-state index is 11.2. The van der Waals surface area contributed by atoms with Crippen LogP contribution in [0, 0.1) is 5.92 Å². The van der Waals surface area contributed by atoms with E-state index in [4.69, 9.17) is 16.3 Å². The number of carbonyl (C=O) groups is 1. The summed E-state index contributed by atoms with van der Waals surface area (Å²) in [5.41, 5.74) is 1.76. The minimum Gasteiger partial charge on any atom is -0.491 e. The van der Waals surface area contributed by atoms with Gasteiger partial charge in [-0.15, -0.1) is 0 Å². The van der Waals surface area contributed by atoms with Gasteiger partial charge in [0.05, 0.1) is 23.4 Å². The number of pyridine rings is 1. The molecule has 0 saturated heterocycles. The minimum atomic E-state index is 0.334. The largest absolute Gasteiger partial charge is 0.491 e. The lowest BCUT2D eigenvalue weighted by atomic mass is 9.76. The molecule has 3 rings (SSSR count). The predicted octanol–water partition coefficient (Wildman–Crippen LogP) is 4.90. The molecule has 1 heterocycles. The van der Waals surface area contributed by atoms with E-state index in [1.807, 2.05) is 6.07 Å². The second kappa shape index (κ2) is 7.60. The van der Waals surface area contributed by atoms with Crippen molar-refractivity contribution in [1.82, 2.24) is 4.98 Å². The molecule has 3 nitrogen and oxygen atoms in total. The first-order chi connectivity index (χ1) is 11.3. The van der Waals surface area contributed by atoms with Gasteiger partial charge in [-0.05, 0) is 30.2 Å². The fourth-order valence-electron chi connectivity index (χ4n) is 3.40. The molecular formula is C19H20ClNO2. The minimum absolute atomic E-state index is 0.334. The summed E-state index contributed by atoms with van der Waals surface area (Å²) in [5.74, 6) is 1.44. The Morgan fingerprint density at radius 2 is 1.96 bits per heavy atom. The molecule has 23 heavy (non-hydrogen) atoms. The van der Waals surface area contributed by atoms with Gasteiger partial charge in [0, 0.05) is 6.20 Å². The third kappa shape index (κ3) is 3.73. The van der Waals surface area contributed by atoms with Crippen molar-refractivity contribution in [3.8, 4) is 5.75 Å². The first-order valence-corrected chi connectivity index (χ1v) is 8.44. The maximum Gasteiger partial charge on any atom is 0.155 e. The lowest BCUT2D eigenvalue weighted by Crippen LogP contribution is -2.24. The molecule has 1 aliphatic carbocycles. The van der Waals surface area contributed by atoms with Crippen LogP contribution < -0.4 is 4.74 Å². The number of carbonyl (C=O) groups excluding carboxylic acids is 1. The number of nitrogens with zero attached hydrogens (tertiary/aromatic N) is 1. The average molecular weight is 330 g/mol. The van der Waals surface area contributed by atoms with E-state index in [9.17, 15) is 4.79 Å². The second-order valence-corrected chi connectivity index (χ2v) is 6.43. The smallest absolute Gasteiger partial charge is 0.155 e. The monoisotopic (exact) mass is 329 g/mol. The first kappa shape index (κ1) is 16.0. The van der Waals surface area contributed by atoms with Crippen molar-refractivity contribution >= 4 is 17.9 Å². The third-order valence-electron chi connectivity index (χ3n) is 4.61. The zero-order valence-corrected chi connectivity index (χ0v) is 13.7. The van der Waals surface area contributed by atoms with E-state index in [0.717, 1.165) is 12.7 Å². The van der Waals surface area contributed by atoms with E-state index < -0.39 is 0 Å². The number of aromatic nitrogens is 1. The Labute approximate surface area is 141 Å². The standard InChI is InChI=1S/C19H20ClNO2/c20-18-10-21-11-19(17(18)12-22)23-13-15-8-4-5-9-16(15)14-6-2-1-3-7-14/h1-3,6-7,10-12,15-16H,4-5,8-9,13H2. The van der Waals surface area contributed by atoms with Crippen LogP contribution in [0.25, 0.3) is 0 Å². The summed E-state index contributed by atoms with van der Waals surface area (Å²) >= 11 is 6.00. The molecule has 0 spiro atoms. The number of hydrogen-bond donors (Lipinski definition) is 0. The molecule has 0 bridgehead atoms. The highest BCUT2D eigenvalue weighted by Crippen LogP contribution is 2.38. The van der Waals surface area contributed by atoms with Gasteiger partial charge in [0.25, 0.3) is 0 Å². The predicted molar refractivity (Wildman–Crippen MR) is 91.3 cm³/mol. The third-order valence-corrected chi connectivity index (χ3v) is 4.91. The van der Waals surface area contributed by atoms with E-state index in [1.165, 1.54) is 31.0 Å². The van der Waals surface area contributed by atoms with E-state index in [1.54, 1.807) is 6.20 Å². The van der Waals surface area contributed by atoms with Gasteiger partial charge in [-0.2, -0.15) is 0 Å². The molecule has 1 aromatic heterocycles. The van der Waals surface area contributed by atoms with Crippen LogP contribution in [0.15, 0.2) is 42.7 Å². The maximum absolute atomic E-state index is 11.2. The molecule has 2 aromatic rings. The highest BCUT2D eigenvalue weighted by Gasteiger charge is 2.27. The van der Waals surface area contributed by atoms with Crippen LogP contribution in [0.2, 0.25) is 5.02 Å². The summed E-state index contributed by atoms with van der Waals surface area (Å²) in [6, 6.07) is 10.6. The van der Waals surface area contributed by atoms with Crippen LogP contribution in [0.3, 0.4) is 0 Å². The topological polar surface area (TPSA) is 39.2 Å². The van der Waals surface area contributed by atoms with Crippen molar-refractivity contribution in [2.75, 3.05) is 6.61 Å². The SMILES string of the molecule is O=Cc1c(Cl)cncc1OCC1CCCCC1c1ccccc1. The Balaban J connectivity index is 1.73. The number of benzene rings is 1. The fourth-order valence-corrected chi connectivity index (χ4v) is 3.59. The Hall–Kier alpha value is -1.87. The van der Waals surface area contributed by atoms with Crippen molar-refractivity contribution in [2.45, 2.75) is 31.6 Å². The van der Waals surface area contributed by atoms with Crippen LogP contribution in [-0.4, -0.2) is 17.9 Å². The molecule has 0 radical (unpaired) electrons. The Bertz CT molecular complexity index is 660. The van der Waals surface area contributed by atoms with Crippen molar-refractivity contribution in [3.05, 3.63) is 58.9 Å². The Morgan fingerprint density at radius 3 is 2.74 bits per heavy atom. The number of aldehydes is 1. The van der Waals surface area contributed by atoms with E-state index >= 15 is 0 Å². The van der Waals surface area contributed by atoms with Gasteiger partial charge >= 0.3 is 0 Å². The molecule has 1 aliphatic rings. The van der Waals surface area contributed by atoms with Crippen LogP contribution in [0.4, 0.5) is 0 Å². The van der Waals surface area contributed by atoms with Gasteiger partial charge in [-0.1, -0.05) is 54.8 Å². The van der Waals surface area contributed by atoms with Crippen LogP contribution in [0.1, 0.15) is 47.5 Å². The van der Waals surface area contributed by atoms with Crippen LogP contribution in [0.5, 0.6) is 5.75 Å². The van der Waals surface area contributed by atoms with Gasteiger partial charge in [-0.25, -0.2) is 0 Å². The molecule has 0 amide bonds. The molecule has 2 unspecified atom stereocenters. The summed E-state index contributed by atoms with van der Waals surface area (Å²) in [6.07, 6.45) is 8.58. The summed E-state index contributed by atoms with van der Waals surface area (Å²) in [4.78, 5) is 15.2. The van der Waals surface area contributed by atoms with Gasteiger partial charge in [0.1, 0.15) is 5.75 Å². The average Bonchev–Trinajstić information content (AvgIpc) is 2.61. The zero-order chi connectivity index (χ0) is 16.1. The van der Waals surface area contributed by atoms with E-state index in [2.05, 4.69) is 29.2 Å². The molecule has 1 aromatic carbocycles. The molecule has 0 aliphatic heterocycles. The van der Waals surface area contributed by atoms with Crippen molar-refractivity contribution < 1.29 is 9.53 Å². The lowest BCUT2D eigenvalue weighted by molar-refractivity contribution is 0.111. The molecular weight excluding hydrogens is 310 g/mol. The summed E-state index contributed by atoms with van der Waals surface area (Å²) < 4.78 is 5.92. The normalized spacial score (nSPS) is 20.9. The molecule has 4 heteroatoms. The molecule has 120 valence electrons. The van der Waals surface area contributed by atoms with Crippen molar-refractivity contribution in [2.24, 2.45) is 5.92 Å². The molecule has 1 saturated carbocycles. The van der Waals surface area contributed by atoms with Gasteiger partial charge in [0.15, 0.2) is 6.29 Å². The van der Waals surface area contributed by atoms with Gasteiger partial charge < -0.3 is 4.74 Å². The zero-order valence-electron chi connectivity index (χ0n) is 13.0. The Kier molecular flexibility index (Phi) is 5.29. The summed E-state index contributed by atoms with van der Waals surface area (Å²) in [5, 5.41) is 0.334. The molecule has 0 N–H and O–H groups in total. The lowest BCUT2D eigenvalue weighted by Gasteiger charge is -2.32. The second-order valence-electron chi connectivity index (χ2n) is 6.02. The number of hydrogen-bond acceptors (Lipinski definition) is 3. The molecule has 2 atom stereocenters. The van der Waals surface area contributed by atoms with Gasteiger partial charge in [-0.3, -0.25) is 9.78 Å². The fraction of sp³-hybridized carbons (Fsp3) is 0.368. The summed E-state index contributed by atoms with van der Waals surface area (Å²) in [6.45, 7) is 0.586. The Morgan fingerprint density at radius 1 is 1.17 bits per heavy atom. The highest BCUT2D eigenvalue weighted by atomic mass is 35.5. The number of halogens is 1. The van der Waals surface area contributed by atoms with Crippen molar-refractivity contribution in [3.63, 3.8) is 0 Å². The first-order valence-electron chi connectivity index (χ1n) is 8.06. The van der Waals surface area contributed by atoms with Gasteiger partial charge in [0.2, 0.25) is 0 Å². The van der Waals surface area contributed by atoms with E-state index in [-0.39, 0.29) is 0 Å². The number of ether oxygens (including phenoxy) is 1. The highest BCUT2D eigenvalue weighted by molar-refractivity contribution is 6.33. The van der Waals surface area contributed by atoms with E-state index in [0.29, 0.717) is 34.8 Å². The number of rotatable bonds is 5. The van der Waals surface area contributed by atoms with Crippen LogP contribution in [-0.2, 0) is 0 Å². The van der Waals surface area contributed by atoms with Crippen molar-refractivity contribution in [1.29, 1.82) is 0 Å².